The third kappa shape index (κ3) is 68.5. The van der Waals surface area contributed by atoms with E-state index in [0.29, 0.717) is 0 Å². The van der Waals surface area contributed by atoms with Crippen LogP contribution in [0.3, 0.4) is 0 Å². The molecule has 7 heavy (non-hydrogen) atoms. The lowest BCUT2D eigenvalue weighted by atomic mass is 11.4. The Hall–Kier alpha value is -0.860. The lowest BCUT2D eigenvalue weighted by Crippen LogP contribution is -1.88. The Bertz CT molecular complexity index is 56.7. The maximum atomic E-state index is 7.78. The lowest BCUT2D eigenvalue weighted by Gasteiger charge is -1.62. The Labute approximate surface area is 43.6 Å². The van der Waals surface area contributed by atoms with Crippen LogP contribution >= 0.6 is 0 Å². The van der Waals surface area contributed by atoms with E-state index < -0.39 is 0 Å². The third-order valence-electron chi connectivity index (χ3n) is 0. The van der Waals surface area contributed by atoms with Crippen LogP contribution in [0.2, 0.25) is 0 Å². The highest BCUT2D eigenvalue weighted by atomic mass is 16.5. The predicted molar refractivity (Wildman–Crippen MR) is 30.6 cm³/mol. The van der Waals surface area contributed by atoms with E-state index in [9.17, 15) is 0 Å². The summed E-state index contributed by atoms with van der Waals surface area (Å²) in [6, 6.07) is 0. The Morgan fingerprint density at radius 3 is 1.71 bits per heavy atom. The van der Waals surface area contributed by atoms with Crippen LogP contribution in [0.25, 0.3) is 0 Å². The molecule has 0 heterocycles. The van der Waals surface area contributed by atoms with Crippen molar-refractivity contribution in [3.8, 4) is 0 Å². The summed E-state index contributed by atoms with van der Waals surface area (Å²) < 4.78 is 0.750. The van der Waals surface area contributed by atoms with Crippen LogP contribution in [0.15, 0.2) is 4.99 Å². The average molecular weight is 103 g/mol. The molecule has 0 aromatic carbocycles. The van der Waals surface area contributed by atoms with Gasteiger partial charge >= 0.3 is 0 Å². The van der Waals surface area contributed by atoms with E-state index in [-0.39, 0.29) is 0 Å². The zero-order chi connectivity index (χ0) is 6.28. The van der Waals surface area contributed by atoms with Crippen LogP contribution in [0, 0.1) is 0 Å². The fourth-order valence-corrected chi connectivity index (χ4v) is 0. The molecule has 0 aromatic heterocycles. The molecular formula is C4H11N2O+. The van der Waals surface area contributed by atoms with E-state index in [1.165, 1.54) is 7.05 Å². The molecule has 0 spiro atoms. The third-order valence-corrected chi connectivity index (χ3v) is 0. The summed E-state index contributed by atoms with van der Waals surface area (Å²) in [7, 11) is 3.08. The van der Waals surface area contributed by atoms with Gasteiger partial charge in [0.1, 0.15) is 0 Å². The van der Waals surface area contributed by atoms with E-state index in [1.807, 2.05) is 0 Å². The van der Waals surface area contributed by atoms with Crippen LogP contribution in [0.4, 0.5) is 0 Å². The maximum Gasteiger partial charge on any atom is 0.182 e. The molecule has 0 saturated carbocycles. The first kappa shape index (κ1) is 9.46. The summed E-state index contributed by atoms with van der Waals surface area (Å²) in [6.45, 7) is 6.14. The van der Waals surface area contributed by atoms with Crippen molar-refractivity contribution in [3.63, 3.8) is 0 Å². The fraction of sp³-hybridized carbons (Fsp3) is 0.500. The quantitative estimate of drug-likeness (QED) is 0.200. The van der Waals surface area contributed by atoms with Gasteiger partial charge in [-0.1, -0.05) is 0 Å². The zero-order valence-electron chi connectivity index (χ0n) is 4.76. The van der Waals surface area contributed by atoms with Crippen molar-refractivity contribution in [1.82, 2.24) is 0 Å². The number of hydrogen-bond acceptors (Lipinski definition) is 2. The van der Waals surface area contributed by atoms with Crippen molar-refractivity contribution < 1.29 is 9.95 Å². The fourth-order valence-electron chi connectivity index (χ4n) is 0. The number of nitrogens with zero attached hydrogens (tertiary/aromatic N) is 2. The second kappa shape index (κ2) is 8.94. The average Bonchev–Trinajstić information content (AvgIpc) is 1.33. The van der Waals surface area contributed by atoms with Crippen molar-refractivity contribution in [2.24, 2.45) is 4.99 Å². The van der Waals surface area contributed by atoms with Crippen molar-refractivity contribution in [1.29, 1.82) is 0 Å². The monoisotopic (exact) mass is 103 g/mol. The Morgan fingerprint density at radius 2 is 1.71 bits per heavy atom. The zero-order valence-corrected chi connectivity index (χ0v) is 4.76. The molecule has 0 rings (SSSR count). The molecule has 0 atom stereocenters. The van der Waals surface area contributed by atoms with Crippen molar-refractivity contribution in [2.45, 2.75) is 0 Å². The van der Waals surface area contributed by atoms with Gasteiger partial charge in [0.15, 0.2) is 13.8 Å². The Morgan fingerprint density at radius 1 is 1.71 bits per heavy atom. The molecule has 42 valence electrons. The van der Waals surface area contributed by atoms with Gasteiger partial charge in [0.2, 0.25) is 0 Å². The van der Waals surface area contributed by atoms with Gasteiger partial charge in [0.05, 0.1) is 0 Å². The van der Waals surface area contributed by atoms with E-state index in [0.717, 1.165) is 4.74 Å². The molecule has 0 bridgehead atoms. The van der Waals surface area contributed by atoms with Gasteiger partial charge in [-0.2, -0.15) is 0 Å². The van der Waals surface area contributed by atoms with E-state index in [4.69, 9.17) is 5.21 Å². The number of rotatable bonds is 0. The summed E-state index contributed by atoms with van der Waals surface area (Å²) in [5.41, 5.74) is 0. The molecule has 3 nitrogen and oxygen atoms in total. The number of aliphatic imine (C=N–C) groups is 1. The van der Waals surface area contributed by atoms with Crippen LogP contribution < -0.4 is 0 Å². The number of hydrogen-bond donors (Lipinski definition) is 1. The minimum atomic E-state index is 0.750. The molecule has 0 aliphatic rings. The predicted octanol–water partition coefficient (Wildman–Crippen LogP) is 0.0353. The molecule has 0 fully saturated rings. The topological polar surface area (TPSA) is 35.6 Å². The molecule has 0 aromatic rings. The summed E-state index contributed by atoms with van der Waals surface area (Å²) in [5.74, 6) is 0. The second-order valence-corrected chi connectivity index (χ2v) is 0.974. The SMILES string of the molecule is C=NC.C=[N+](C)O. The standard InChI is InChI=1S/C2H6NO.C2H5N/c1-3(2)4;1-3-2/h4H,1H2,2H3;1H2,2H3/q+1;. The summed E-state index contributed by atoms with van der Waals surface area (Å²) in [4.78, 5) is 3.25. The molecule has 1 N–H and O–H groups in total. The van der Waals surface area contributed by atoms with Crippen LogP contribution in [-0.2, 0) is 0 Å². The minimum Gasteiger partial charge on any atom is -0.304 e. The molecule has 0 aliphatic carbocycles. The van der Waals surface area contributed by atoms with Gasteiger partial charge in [-0.3, -0.25) is 5.21 Å². The normalized spacial score (nSPS) is 5.43. The van der Waals surface area contributed by atoms with Crippen LogP contribution in [0.5, 0.6) is 0 Å². The lowest BCUT2D eigenvalue weighted by molar-refractivity contribution is -0.748. The number of hydroxylamine groups is 1. The molecule has 0 saturated heterocycles. The van der Waals surface area contributed by atoms with E-state index in [1.54, 1.807) is 7.05 Å². The second-order valence-electron chi connectivity index (χ2n) is 0.974. The van der Waals surface area contributed by atoms with Crippen molar-refractivity contribution in [2.75, 3.05) is 14.1 Å². The van der Waals surface area contributed by atoms with Crippen LogP contribution in [-0.4, -0.2) is 37.5 Å². The smallest absolute Gasteiger partial charge is 0.182 e. The molecule has 0 radical (unpaired) electrons. The van der Waals surface area contributed by atoms with E-state index in [2.05, 4.69) is 18.4 Å². The first-order valence-corrected chi connectivity index (χ1v) is 1.73. The van der Waals surface area contributed by atoms with Crippen molar-refractivity contribution >= 4 is 13.4 Å². The molecule has 0 unspecified atom stereocenters. The minimum absolute atomic E-state index is 0.750. The first-order valence-electron chi connectivity index (χ1n) is 1.73. The van der Waals surface area contributed by atoms with Gasteiger partial charge in [0, 0.05) is 7.05 Å². The summed E-state index contributed by atoms with van der Waals surface area (Å²) in [5, 5.41) is 7.78. The van der Waals surface area contributed by atoms with Gasteiger partial charge < -0.3 is 4.99 Å². The van der Waals surface area contributed by atoms with Gasteiger partial charge in [-0.05, 0) is 11.5 Å². The highest BCUT2D eigenvalue weighted by Crippen LogP contribution is 1.29. The van der Waals surface area contributed by atoms with E-state index >= 15 is 0 Å². The molecular weight excluding hydrogens is 92.1 g/mol. The van der Waals surface area contributed by atoms with Gasteiger partial charge in [0.25, 0.3) is 0 Å². The highest BCUT2D eigenvalue weighted by Gasteiger charge is 1.57. The molecule has 0 aliphatic heterocycles. The molecule has 3 heteroatoms. The first-order chi connectivity index (χ1) is 3.15. The molecule has 0 amide bonds. The van der Waals surface area contributed by atoms with Gasteiger partial charge in [-0.25, -0.2) is 0 Å². The maximum absolute atomic E-state index is 7.78. The largest absolute Gasteiger partial charge is 0.304 e. The Balaban J connectivity index is 0. The summed E-state index contributed by atoms with van der Waals surface area (Å²) >= 11 is 0. The van der Waals surface area contributed by atoms with Crippen LogP contribution in [0.1, 0.15) is 0 Å². The Kier molecular flexibility index (Phi) is 12.1. The van der Waals surface area contributed by atoms with Crippen molar-refractivity contribution in [3.05, 3.63) is 0 Å². The summed E-state index contributed by atoms with van der Waals surface area (Å²) in [6.07, 6.45) is 0. The van der Waals surface area contributed by atoms with Gasteiger partial charge in [-0.15, -0.1) is 0 Å². The highest BCUT2D eigenvalue weighted by molar-refractivity contribution is 5.22.